The molecule has 5 N–H and O–H groups in total. The Morgan fingerprint density at radius 1 is 1.24 bits per heavy atom. The molecule has 0 saturated heterocycles. The number of nitrogen functional groups attached to an aromatic ring is 1. The van der Waals surface area contributed by atoms with Crippen LogP contribution in [0.5, 0.6) is 0 Å². The van der Waals surface area contributed by atoms with Crippen molar-refractivity contribution in [2.45, 2.75) is 18.9 Å². The van der Waals surface area contributed by atoms with E-state index in [9.17, 15) is 0 Å². The number of anilines is 1. The Morgan fingerprint density at radius 3 is 2.71 bits per heavy atom. The van der Waals surface area contributed by atoms with Gasteiger partial charge in [-0.25, -0.2) is 0 Å². The SMILES string of the molecule is NNC(CCc1ccsc1)c1ccccc1N. The maximum atomic E-state index is 5.95. The second kappa shape index (κ2) is 5.82. The number of aryl methyl sites for hydroxylation is 1. The van der Waals surface area contributed by atoms with E-state index in [-0.39, 0.29) is 6.04 Å². The van der Waals surface area contributed by atoms with Gasteiger partial charge in [0.05, 0.1) is 0 Å². The number of nitrogens with one attached hydrogen (secondary N) is 1. The van der Waals surface area contributed by atoms with Gasteiger partial charge in [-0.3, -0.25) is 11.3 Å². The summed E-state index contributed by atoms with van der Waals surface area (Å²) in [5, 5.41) is 4.26. The Hall–Kier alpha value is -1.36. The minimum Gasteiger partial charge on any atom is -0.398 e. The molecule has 1 unspecified atom stereocenters. The molecule has 0 saturated carbocycles. The highest BCUT2D eigenvalue weighted by Crippen LogP contribution is 2.24. The van der Waals surface area contributed by atoms with E-state index in [1.165, 1.54) is 5.56 Å². The van der Waals surface area contributed by atoms with Gasteiger partial charge in [0.2, 0.25) is 0 Å². The third kappa shape index (κ3) is 3.06. The number of rotatable bonds is 5. The molecule has 17 heavy (non-hydrogen) atoms. The van der Waals surface area contributed by atoms with E-state index in [2.05, 4.69) is 22.3 Å². The second-order valence-electron chi connectivity index (χ2n) is 4.02. The number of hydrogen-bond donors (Lipinski definition) is 3. The minimum atomic E-state index is 0.107. The minimum absolute atomic E-state index is 0.107. The normalized spacial score (nSPS) is 12.5. The summed E-state index contributed by atoms with van der Waals surface area (Å²) in [7, 11) is 0. The highest BCUT2D eigenvalue weighted by molar-refractivity contribution is 7.07. The summed E-state index contributed by atoms with van der Waals surface area (Å²) in [6.45, 7) is 0. The van der Waals surface area contributed by atoms with Crippen molar-refractivity contribution < 1.29 is 0 Å². The van der Waals surface area contributed by atoms with Gasteiger partial charge >= 0.3 is 0 Å². The van der Waals surface area contributed by atoms with Crippen LogP contribution in [0.2, 0.25) is 0 Å². The standard InChI is InChI=1S/C13H17N3S/c14-12-4-2-1-3-11(12)13(16-15)6-5-10-7-8-17-9-10/h1-4,7-9,13,16H,5-6,14-15H2. The van der Waals surface area contributed by atoms with Gasteiger partial charge in [-0.05, 0) is 46.9 Å². The lowest BCUT2D eigenvalue weighted by Crippen LogP contribution is -2.29. The van der Waals surface area contributed by atoms with Crippen molar-refractivity contribution in [3.05, 3.63) is 52.2 Å². The van der Waals surface area contributed by atoms with E-state index in [1.54, 1.807) is 11.3 Å². The first-order chi connectivity index (χ1) is 8.31. The summed E-state index contributed by atoms with van der Waals surface area (Å²) in [4.78, 5) is 0. The summed E-state index contributed by atoms with van der Waals surface area (Å²) in [6.07, 6.45) is 1.95. The highest BCUT2D eigenvalue weighted by Gasteiger charge is 2.12. The smallest absolute Gasteiger partial charge is 0.0483 e. The molecule has 0 spiro atoms. The largest absolute Gasteiger partial charge is 0.398 e. The zero-order chi connectivity index (χ0) is 12.1. The monoisotopic (exact) mass is 247 g/mol. The molecular formula is C13H17N3S. The molecule has 2 aromatic rings. The van der Waals surface area contributed by atoms with Crippen LogP contribution in [0.4, 0.5) is 5.69 Å². The lowest BCUT2D eigenvalue weighted by atomic mass is 9.99. The molecule has 3 nitrogen and oxygen atoms in total. The fourth-order valence-corrected chi connectivity index (χ4v) is 2.61. The van der Waals surface area contributed by atoms with Crippen molar-refractivity contribution in [2.75, 3.05) is 5.73 Å². The molecule has 90 valence electrons. The lowest BCUT2D eigenvalue weighted by Gasteiger charge is -2.17. The van der Waals surface area contributed by atoms with Crippen LogP contribution in [-0.2, 0) is 6.42 Å². The Morgan fingerprint density at radius 2 is 2.06 bits per heavy atom. The Bertz CT molecular complexity index is 453. The van der Waals surface area contributed by atoms with Gasteiger partial charge in [0.1, 0.15) is 0 Å². The van der Waals surface area contributed by atoms with E-state index in [1.807, 2.05) is 24.3 Å². The van der Waals surface area contributed by atoms with Crippen LogP contribution >= 0.6 is 11.3 Å². The predicted molar refractivity (Wildman–Crippen MR) is 73.6 cm³/mol. The van der Waals surface area contributed by atoms with Crippen LogP contribution in [0.1, 0.15) is 23.6 Å². The van der Waals surface area contributed by atoms with Crippen molar-refractivity contribution in [2.24, 2.45) is 5.84 Å². The maximum Gasteiger partial charge on any atom is 0.0483 e. The van der Waals surface area contributed by atoms with Crippen LogP contribution in [0.3, 0.4) is 0 Å². The predicted octanol–water partition coefficient (Wildman–Crippen LogP) is 2.47. The Balaban J connectivity index is 2.04. The van der Waals surface area contributed by atoms with Gasteiger partial charge in [0.15, 0.2) is 0 Å². The molecule has 0 aliphatic carbocycles. The molecule has 1 atom stereocenters. The molecule has 1 aromatic heterocycles. The van der Waals surface area contributed by atoms with Gasteiger partial charge < -0.3 is 5.73 Å². The molecule has 4 heteroatoms. The molecule has 1 aromatic carbocycles. The Labute approximate surface area is 105 Å². The van der Waals surface area contributed by atoms with Crippen LogP contribution < -0.4 is 17.0 Å². The van der Waals surface area contributed by atoms with E-state index >= 15 is 0 Å². The van der Waals surface area contributed by atoms with Gasteiger partial charge in [-0.1, -0.05) is 18.2 Å². The number of hydrogen-bond acceptors (Lipinski definition) is 4. The van der Waals surface area contributed by atoms with Crippen molar-refractivity contribution in [3.63, 3.8) is 0 Å². The molecular weight excluding hydrogens is 230 g/mol. The highest BCUT2D eigenvalue weighted by atomic mass is 32.1. The molecule has 0 bridgehead atoms. The lowest BCUT2D eigenvalue weighted by molar-refractivity contribution is 0.518. The molecule has 0 fully saturated rings. The van der Waals surface area contributed by atoms with Gasteiger partial charge in [0.25, 0.3) is 0 Å². The number of hydrazine groups is 1. The van der Waals surface area contributed by atoms with Gasteiger partial charge in [-0.2, -0.15) is 11.3 Å². The number of para-hydroxylation sites is 1. The fraction of sp³-hybridized carbons (Fsp3) is 0.231. The van der Waals surface area contributed by atoms with Crippen molar-refractivity contribution in [1.29, 1.82) is 0 Å². The maximum absolute atomic E-state index is 5.95. The number of benzene rings is 1. The van der Waals surface area contributed by atoms with Gasteiger partial charge in [-0.15, -0.1) is 0 Å². The van der Waals surface area contributed by atoms with Crippen LogP contribution in [0.25, 0.3) is 0 Å². The molecule has 0 aliphatic rings. The molecule has 0 radical (unpaired) electrons. The zero-order valence-electron chi connectivity index (χ0n) is 9.60. The summed E-state index contributed by atoms with van der Waals surface area (Å²) >= 11 is 1.72. The van der Waals surface area contributed by atoms with Gasteiger partial charge in [0, 0.05) is 11.7 Å². The van der Waals surface area contributed by atoms with Crippen molar-refractivity contribution >= 4 is 17.0 Å². The van der Waals surface area contributed by atoms with Crippen LogP contribution in [0, 0.1) is 0 Å². The fourth-order valence-electron chi connectivity index (χ4n) is 1.90. The first kappa shape index (κ1) is 12.1. The number of nitrogens with two attached hydrogens (primary N) is 2. The molecule has 0 aliphatic heterocycles. The van der Waals surface area contributed by atoms with E-state index in [4.69, 9.17) is 11.6 Å². The van der Waals surface area contributed by atoms with Crippen LogP contribution in [-0.4, -0.2) is 0 Å². The summed E-state index contributed by atoms with van der Waals surface area (Å²) in [6, 6.07) is 10.1. The molecule has 2 rings (SSSR count). The topological polar surface area (TPSA) is 64.1 Å². The average Bonchev–Trinajstić information content (AvgIpc) is 2.85. The third-order valence-electron chi connectivity index (χ3n) is 2.87. The summed E-state index contributed by atoms with van der Waals surface area (Å²) in [5.41, 5.74) is 12.0. The number of thiophene rings is 1. The molecule has 1 heterocycles. The zero-order valence-corrected chi connectivity index (χ0v) is 10.4. The van der Waals surface area contributed by atoms with Crippen LogP contribution in [0.15, 0.2) is 41.1 Å². The first-order valence-corrected chi connectivity index (χ1v) is 6.57. The quantitative estimate of drug-likeness (QED) is 0.432. The average molecular weight is 247 g/mol. The summed E-state index contributed by atoms with van der Waals surface area (Å²) < 4.78 is 0. The van der Waals surface area contributed by atoms with E-state index < -0.39 is 0 Å². The van der Waals surface area contributed by atoms with E-state index in [0.29, 0.717) is 0 Å². The van der Waals surface area contributed by atoms with Crippen molar-refractivity contribution in [3.8, 4) is 0 Å². The third-order valence-corrected chi connectivity index (χ3v) is 3.61. The summed E-state index contributed by atoms with van der Waals surface area (Å²) in [5.74, 6) is 5.61. The van der Waals surface area contributed by atoms with E-state index in [0.717, 1.165) is 24.1 Å². The molecule has 0 amide bonds. The Kier molecular flexibility index (Phi) is 4.14. The second-order valence-corrected chi connectivity index (χ2v) is 4.80. The van der Waals surface area contributed by atoms with Crippen molar-refractivity contribution in [1.82, 2.24) is 5.43 Å². The first-order valence-electron chi connectivity index (χ1n) is 5.63.